The van der Waals surface area contributed by atoms with Crippen molar-refractivity contribution in [3.63, 3.8) is 0 Å². The van der Waals surface area contributed by atoms with Crippen LogP contribution in [-0.4, -0.2) is 34.7 Å². The van der Waals surface area contributed by atoms with E-state index in [-0.39, 0.29) is 6.42 Å². The lowest BCUT2D eigenvalue weighted by molar-refractivity contribution is -0.142. The third-order valence-electron chi connectivity index (χ3n) is 3.31. The minimum Gasteiger partial charge on any atom is -0.480 e. The molecule has 1 heterocycles. The predicted octanol–water partition coefficient (Wildman–Crippen LogP) is 2.03. The van der Waals surface area contributed by atoms with Crippen LogP contribution in [0.4, 0.5) is 4.39 Å². The van der Waals surface area contributed by atoms with E-state index in [1.54, 1.807) is 0 Å². The number of hydrogen-bond acceptors (Lipinski definition) is 2. The number of benzene rings is 1. The largest absolute Gasteiger partial charge is 0.480 e. The van der Waals surface area contributed by atoms with E-state index in [1.165, 1.54) is 0 Å². The number of aromatic nitrogens is 1. The molecule has 2 aromatic rings. The van der Waals surface area contributed by atoms with Crippen LogP contribution in [0.1, 0.15) is 18.4 Å². The van der Waals surface area contributed by atoms with Crippen LogP contribution in [0.3, 0.4) is 0 Å². The van der Waals surface area contributed by atoms with Gasteiger partial charge in [0.25, 0.3) is 0 Å². The lowest BCUT2D eigenvalue weighted by atomic mass is 10.1. The maximum Gasteiger partial charge on any atom is 0.328 e. The normalized spacial score (nSPS) is 12.2. The van der Waals surface area contributed by atoms with Gasteiger partial charge in [-0.05, 0) is 24.5 Å². The number of para-hydroxylation sites is 1. The summed E-state index contributed by atoms with van der Waals surface area (Å²) in [6.45, 7) is -1.11. The molecule has 0 bridgehead atoms. The zero-order chi connectivity index (χ0) is 15.2. The van der Waals surface area contributed by atoms with Crippen LogP contribution < -0.4 is 5.32 Å². The van der Waals surface area contributed by atoms with Crippen LogP contribution in [-0.2, 0) is 16.0 Å². The van der Waals surface area contributed by atoms with Crippen LogP contribution in [0.15, 0.2) is 30.5 Å². The standard InChI is InChI=1S/C15H17FN2O3/c16-8-13(15(20)21)18-14(19)7-3-4-10-9-17-12-6-2-1-5-11(10)12/h1-2,5-6,9,13,17H,3-4,7-8H2,(H,18,19)(H,20,21). The second-order valence-corrected chi connectivity index (χ2v) is 4.83. The van der Waals surface area contributed by atoms with Gasteiger partial charge in [0.15, 0.2) is 6.04 Å². The number of carboxylic acids is 1. The van der Waals surface area contributed by atoms with E-state index in [2.05, 4.69) is 10.3 Å². The van der Waals surface area contributed by atoms with Gasteiger partial charge in [0, 0.05) is 23.5 Å². The Hall–Kier alpha value is -2.37. The molecule has 21 heavy (non-hydrogen) atoms. The smallest absolute Gasteiger partial charge is 0.328 e. The molecule has 1 atom stereocenters. The highest BCUT2D eigenvalue weighted by molar-refractivity contribution is 5.84. The Labute approximate surface area is 121 Å². The maximum absolute atomic E-state index is 12.4. The van der Waals surface area contributed by atoms with Crippen molar-refractivity contribution >= 4 is 22.8 Å². The van der Waals surface area contributed by atoms with Gasteiger partial charge in [0.2, 0.25) is 5.91 Å². The Balaban J connectivity index is 1.84. The number of fused-ring (bicyclic) bond motifs is 1. The van der Waals surface area contributed by atoms with E-state index < -0.39 is 24.6 Å². The highest BCUT2D eigenvalue weighted by Gasteiger charge is 2.19. The van der Waals surface area contributed by atoms with Gasteiger partial charge in [0.05, 0.1) is 0 Å². The van der Waals surface area contributed by atoms with E-state index in [9.17, 15) is 14.0 Å². The summed E-state index contributed by atoms with van der Waals surface area (Å²) < 4.78 is 12.4. The van der Waals surface area contributed by atoms with Crippen molar-refractivity contribution in [2.45, 2.75) is 25.3 Å². The Kier molecular flexibility index (Phi) is 4.92. The van der Waals surface area contributed by atoms with Crippen molar-refractivity contribution in [3.8, 4) is 0 Å². The molecule has 0 spiro atoms. The van der Waals surface area contributed by atoms with Crippen molar-refractivity contribution in [1.29, 1.82) is 0 Å². The van der Waals surface area contributed by atoms with Crippen LogP contribution >= 0.6 is 0 Å². The summed E-state index contributed by atoms with van der Waals surface area (Å²) in [5, 5.41) is 11.9. The summed E-state index contributed by atoms with van der Waals surface area (Å²) >= 11 is 0. The number of aliphatic carboxylic acids is 1. The fourth-order valence-corrected chi connectivity index (χ4v) is 2.21. The topological polar surface area (TPSA) is 82.2 Å². The number of halogens is 1. The van der Waals surface area contributed by atoms with Gasteiger partial charge in [-0.2, -0.15) is 0 Å². The van der Waals surface area contributed by atoms with Crippen LogP contribution in [0.25, 0.3) is 10.9 Å². The number of alkyl halides is 1. The van der Waals surface area contributed by atoms with E-state index >= 15 is 0 Å². The molecule has 5 nitrogen and oxygen atoms in total. The first-order chi connectivity index (χ1) is 10.1. The first kappa shape index (κ1) is 15.0. The number of carbonyl (C=O) groups is 2. The van der Waals surface area contributed by atoms with Crippen molar-refractivity contribution in [1.82, 2.24) is 10.3 Å². The van der Waals surface area contributed by atoms with Crippen LogP contribution in [0.5, 0.6) is 0 Å². The Morgan fingerprint density at radius 1 is 1.33 bits per heavy atom. The molecular formula is C15H17FN2O3. The number of carbonyl (C=O) groups excluding carboxylic acids is 1. The number of nitrogens with one attached hydrogen (secondary N) is 2. The molecule has 0 aliphatic rings. The molecule has 1 aromatic heterocycles. The number of H-pyrrole nitrogens is 1. The highest BCUT2D eigenvalue weighted by atomic mass is 19.1. The maximum atomic E-state index is 12.4. The molecule has 1 aromatic carbocycles. The molecule has 0 aliphatic heterocycles. The Morgan fingerprint density at radius 2 is 2.10 bits per heavy atom. The number of aryl methyl sites for hydroxylation is 1. The number of amides is 1. The fourth-order valence-electron chi connectivity index (χ4n) is 2.21. The number of rotatable bonds is 7. The van der Waals surface area contributed by atoms with E-state index in [0.29, 0.717) is 12.8 Å². The van der Waals surface area contributed by atoms with Gasteiger partial charge in [-0.1, -0.05) is 18.2 Å². The average molecular weight is 292 g/mol. The first-order valence-electron chi connectivity index (χ1n) is 6.75. The third-order valence-corrected chi connectivity index (χ3v) is 3.31. The molecule has 1 amide bonds. The molecule has 0 saturated heterocycles. The zero-order valence-corrected chi connectivity index (χ0v) is 11.4. The van der Waals surface area contributed by atoms with Crippen LogP contribution in [0.2, 0.25) is 0 Å². The first-order valence-corrected chi connectivity index (χ1v) is 6.75. The van der Waals surface area contributed by atoms with Gasteiger partial charge >= 0.3 is 5.97 Å². The molecule has 0 fully saturated rings. The molecule has 1 unspecified atom stereocenters. The van der Waals surface area contributed by atoms with E-state index in [1.807, 2.05) is 30.5 Å². The minimum atomic E-state index is -1.45. The molecule has 112 valence electrons. The van der Waals surface area contributed by atoms with Crippen molar-refractivity contribution < 1.29 is 19.1 Å². The summed E-state index contributed by atoms with van der Waals surface area (Å²) in [5.74, 6) is -1.80. The molecule has 0 radical (unpaired) electrons. The Bertz CT molecular complexity index is 639. The molecule has 2 rings (SSSR count). The predicted molar refractivity (Wildman–Crippen MR) is 76.8 cm³/mol. The highest BCUT2D eigenvalue weighted by Crippen LogP contribution is 2.19. The van der Waals surface area contributed by atoms with Crippen LogP contribution in [0, 0.1) is 0 Å². The Morgan fingerprint density at radius 3 is 2.81 bits per heavy atom. The number of carboxylic acid groups (broad SMARTS) is 1. The summed E-state index contributed by atoms with van der Waals surface area (Å²) in [5.41, 5.74) is 2.15. The fraction of sp³-hybridized carbons (Fsp3) is 0.333. The molecular weight excluding hydrogens is 275 g/mol. The second kappa shape index (κ2) is 6.88. The molecule has 0 saturated carbocycles. The molecule has 0 aliphatic carbocycles. The SMILES string of the molecule is O=C(CCCc1c[nH]c2ccccc12)NC(CF)C(=O)O. The van der Waals surface area contributed by atoms with Crippen molar-refractivity contribution in [3.05, 3.63) is 36.0 Å². The molecule has 3 N–H and O–H groups in total. The summed E-state index contributed by atoms with van der Waals surface area (Å²) in [6, 6.07) is 6.42. The van der Waals surface area contributed by atoms with Crippen molar-refractivity contribution in [2.75, 3.05) is 6.67 Å². The lowest BCUT2D eigenvalue weighted by Gasteiger charge is -2.10. The van der Waals surface area contributed by atoms with Gasteiger partial charge in [0.1, 0.15) is 6.67 Å². The van der Waals surface area contributed by atoms with Gasteiger partial charge < -0.3 is 15.4 Å². The number of hydrogen-bond donors (Lipinski definition) is 3. The second-order valence-electron chi connectivity index (χ2n) is 4.83. The quantitative estimate of drug-likeness (QED) is 0.730. The van der Waals surface area contributed by atoms with Crippen molar-refractivity contribution in [2.24, 2.45) is 0 Å². The summed E-state index contributed by atoms with van der Waals surface area (Å²) in [4.78, 5) is 25.3. The summed E-state index contributed by atoms with van der Waals surface area (Å²) in [6.07, 6.45) is 3.35. The minimum absolute atomic E-state index is 0.170. The number of aromatic amines is 1. The zero-order valence-electron chi connectivity index (χ0n) is 11.4. The van der Waals surface area contributed by atoms with Gasteiger partial charge in [-0.3, -0.25) is 4.79 Å². The van der Waals surface area contributed by atoms with Gasteiger partial charge in [-0.25, -0.2) is 9.18 Å². The third kappa shape index (κ3) is 3.81. The lowest BCUT2D eigenvalue weighted by Crippen LogP contribution is -2.42. The average Bonchev–Trinajstić information content (AvgIpc) is 2.88. The monoisotopic (exact) mass is 292 g/mol. The van der Waals surface area contributed by atoms with E-state index in [4.69, 9.17) is 5.11 Å². The van der Waals surface area contributed by atoms with E-state index in [0.717, 1.165) is 16.5 Å². The molecule has 6 heteroatoms. The van der Waals surface area contributed by atoms with Gasteiger partial charge in [-0.15, -0.1) is 0 Å². The summed E-state index contributed by atoms with van der Waals surface area (Å²) in [7, 11) is 0.